The number of hydrogen-bond acceptors (Lipinski definition) is 5. The Kier molecular flexibility index (Phi) is 4.99. The first-order valence-corrected chi connectivity index (χ1v) is 9.54. The lowest BCUT2D eigenvalue weighted by Gasteiger charge is -2.15. The Morgan fingerprint density at radius 1 is 1.35 bits per heavy atom. The number of thiazole rings is 1. The molecule has 0 spiro atoms. The van der Waals surface area contributed by atoms with Gasteiger partial charge in [-0.15, -0.1) is 22.7 Å². The third-order valence-corrected chi connectivity index (χ3v) is 5.86. The monoisotopic (exact) mass is 410 g/mol. The number of halogens is 1. The molecule has 120 valence electrons. The van der Waals surface area contributed by atoms with Gasteiger partial charge in [0.1, 0.15) is 5.76 Å². The van der Waals surface area contributed by atoms with Gasteiger partial charge in [0.15, 0.2) is 10.8 Å². The van der Waals surface area contributed by atoms with Crippen LogP contribution in [0.3, 0.4) is 0 Å². The molecule has 1 amide bonds. The predicted octanol–water partition coefficient (Wildman–Crippen LogP) is 4.74. The van der Waals surface area contributed by atoms with Gasteiger partial charge in [-0.05, 0) is 41.1 Å². The molecule has 0 aliphatic heterocycles. The Labute approximate surface area is 150 Å². The first kappa shape index (κ1) is 16.4. The summed E-state index contributed by atoms with van der Waals surface area (Å²) in [5.74, 6) is 1.67. The van der Waals surface area contributed by atoms with Crippen LogP contribution in [0.25, 0.3) is 10.8 Å². The molecule has 0 fully saturated rings. The largest absolute Gasteiger partial charge is 0.459 e. The van der Waals surface area contributed by atoms with E-state index >= 15 is 0 Å². The number of hydrogen-bond donors (Lipinski definition) is 0. The van der Waals surface area contributed by atoms with Crippen LogP contribution in [0.4, 0.5) is 0 Å². The molecule has 0 saturated carbocycles. The smallest absolute Gasteiger partial charge is 0.228 e. The number of nitrogens with zero attached hydrogens (tertiary/aromatic N) is 2. The number of amides is 1. The molecular formula is C16H15BrN2O2S2. The Hall–Kier alpha value is -1.44. The number of aromatic nitrogens is 1. The number of aryl methyl sites for hydroxylation is 1. The standard InChI is InChI=1S/C16H15BrN2O2S2/c1-10-3-4-14(21-10)16-18-12(9-23-16)6-15(20)19(2)7-13-5-11(17)8-22-13/h3-5,8-9H,6-7H2,1-2H3. The van der Waals surface area contributed by atoms with E-state index < -0.39 is 0 Å². The first-order chi connectivity index (χ1) is 11.0. The van der Waals surface area contributed by atoms with E-state index in [9.17, 15) is 4.79 Å². The molecule has 3 heterocycles. The minimum atomic E-state index is 0.0574. The lowest BCUT2D eigenvalue weighted by atomic mass is 10.3. The number of furan rings is 1. The Morgan fingerprint density at radius 3 is 2.83 bits per heavy atom. The van der Waals surface area contributed by atoms with E-state index in [2.05, 4.69) is 20.9 Å². The summed E-state index contributed by atoms with van der Waals surface area (Å²) in [6, 6.07) is 5.85. The SMILES string of the molecule is Cc1ccc(-c2nc(CC(=O)N(C)Cc3cc(Br)cs3)cs2)o1. The summed E-state index contributed by atoms with van der Waals surface area (Å²) in [5, 5.41) is 4.75. The molecule has 4 nitrogen and oxygen atoms in total. The van der Waals surface area contributed by atoms with Crippen LogP contribution in [-0.4, -0.2) is 22.8 Å². The highest BCUT2D eigenvalue weighted by atomic mass is 79.9. The molecule has 0 N–H and O–H groups in total. The summed E-state index contributed by atoms with van der Waals surface area (Å²) < 4.78 is 6.62. The Balaban J connectivity index is 1.62. The van der Waals surface area contributed by atoms with Crippen LogP contribution in [0.15, 0.2) is 37.8 Å². The van der Waals surface area contributed by atoms with Crippen molar-refractivity contribution in [1.29, 1.82) is 0 Å². The van der Waals surface area contributed by atoms with Gasteiger partial charge < -0.3 is 9.32 Å². The quantitative estimate of drug-likeness (QED) is 0.610. The lowest BCUT2D eigenvalue weighted by molar-refractivity contribution is -0.129. The number of carbonyl (C=O) groups is 1. The number of likely N-dealkylation sites (N-methyl/N-ethyl adjacent to an activating group) is 1. The zero-order chi connectivity index (χ0) is 16.4. The van der Waals surface area contributed by atoms with Crippen LogP contribution in [0.2, 0.25) is 0 Å². The van der Waals surface area contributed by atoms with E-state index in [-0.39, 0.29) is 5.91 Å². The molecule has 0 unspecified atom stereocenters. The van der Waals surface area contributed by atoms with Crippen LogP contribution in [0, 0.1) is 6.92 Å². The molecule has 0 aliphatic carbocycles. The molecule has 0 saturated heterocycles. The van der Waals surface area contributed by atoms with Gasteiger partial charge in [-0.25, -0.2) is 4.98 Å². The van der Waals surface area contributed by atoms with Gasteiger partial charge in [-0.3, -0.25) is 4.79 Å². The fraction of sp³-hybridized carbons (Fsp3) is 0.250. The molecule has 0 atom stereocenters. The highest BCUT2D eigenvalue weighted by molar-refractivity contribution is 9.10. The van der Waals surface area contributed by atoms with Crippen LogP contribution < -0.4 is 0 Å². The second kappa shape index (κ2) is 6.98. The third-order valence-electron chi connectivity index (χ3n) is 3.28. The van der Waals surface area contributed by atoms with E-state index in [4.69, 9.17) is 4.42 Å². The normalized spacial score (nSPS) is 10.9. The average Bonchev–Trinajstić information content (AvgIpc) is 3.21. The molecular weight excluding hydrogens is 396 g/mol. The van der Waals surface area contributed by atoms with E-state index in [1.165, 1.54) is 11.3 Å². The van der Waals surface area contributed by atoms with Crippen molar-refractivity contribution in [3.8, 4) is 10.8 Å². The summed E-state index contributed by atoms with van der Waals surface area (Å²) >= 11 is 6.56. The van der Waals surface area contributed by atoms with Crippen LogP contribution in [-0.2, 0) is 17.8 Å². The van der Waals surface area contributed by atoms with Gasteiger partial charge in [0.2, 0.25) is 5.91 Å². The molecule has 23 heavy (non-hydrogen) atoms. The molecule has 3 aromatic heterocycles. The van der Waals surface area contributed by atoms with Crippen molar-refractivity contribution in [2.75, 3.05) is 7.05 Å². The molecule has 0 radical (unpaired) electrons. The number of rotatable bonds is 5. The number of carbonyl (C=O) groups excluding carboxylic acids is 1. The molecule has 3 aromatic rings. The fourth-order valence-corrected chi connectivity index (χ4v) is 4.38. The van der Waals surface area contributed by atoms with Gasteiger partial charge in [-0.2, -0.15) is 0 Å². The van der Waals surface area contributed by atoms with E-state index in [1.54, 1.807) is 16.2 Å². The van der Waals surface area contributed by atoms with E-state index in [0.29, 0.717) is 13.0 Å². The Bertz CT molecular complexity index is 822. The second-order valence-electron chi connectivity index (χ2n) is 5.21. The Morgan fingerprint density at radius 2 is 2.17 bits per heavy atom. The zero-order valence-corrected chi connectivity index (χ0v) is 15.9. The molecule has 3 rings (SSSR count). The van der Waals surface area contributed by atoms with Crippen LogP contribution >= 0.6 is 38.6 Å². The first-order valence-electron chi connectivity index (χ1n) is 6.99. The highest BCUT2D eigenvalue weighted by Crippen LogP contribution is 2.26. The van der Waals surface area contributed by atoms with E-state index in [0.717, 1.165) is 31.6 Å². The third kappa shape index (κ3) is 4.10. The minimum Gasteiger partial charge on any atom is -0.459 e. The summed E-state index contributed by atoms with van der Waals surface area (Å²) in [4.78, 5) is 19.7. The summed E-state index contributed by atoms with van der Waals surface area (Å²) in [6.07, 6.45) is 0.305. The topological polar surface area (TPSA) is 46.3 Å². The van der Waals surface area contributed by atoms with Crippen molar-refractivity contribution in [3.63, 3.8) is 0 Å². The lowest BCUT2D eigenvalue weighted by Crippen LogP contribution is -2.27. The molecule has 0 aliphatic rings. The van der Waals surface area contributed by atoms with Gasteiger partial charge >= 0.3 is 0 Å². The van der Waals surface area contributed by atoms with Crippen molar-refractivity contribution in [2.24, 2.45) is 0 Å². The van der Waals surface area contributed by atoms with Crippen LogP contribution in [0.1, 0.15) is 16.3 Å². The maximum Gasteiger partial charge on any atom is 0.228 e. The van der Waals surface area contributed by atoms with Gasteiger partial charge in [0, 0.05) is 27.2 Å². The van der Waals surface area contributed by atoms with Crippen molar-refractivity contribution < 1.29 is 9.21 Å². The number of thiophene rings is 1. The van der Waals surface area contributed by atoms with Crippen molar-refractivity contribution in [1.82, 2.24) is 9.88 Å². The van der Waals surface area contributed by atoms with Crippen molar-refractivity contribution in [2.45, 2.75) is 19.9 Å². The van der Waals surface area contributed by atoms with Crippen molar-refractivity contribution in [3.05, 3.63) is 49.8 Å². The van der Waals surface area contributed by atoms with Gasteiger partial charge in [0.25, 0.3) is 0 Å². The minimum absolute atomic E-state index is 0.0574. The van der Waals surface area contributed by atoms with E-state index in [1.807, 2.05) is 42.9 Å². The average molecular weight is 411 g/mol. The second-order valence-corrected chi connectivity index (χ2v) is 7.98. The maximum absolute atomic E-state index is 12.3. The van der Waals surface area contributed by atoms with Crippen molar-refractivity contribution >= 4 is 44.5 Å². The molecule has 0 aromatic carbocycles. The molecule has 7 heteroatoms. The summed E-state index contributed by atoms with van der Waals surface area (Å²) in [6.45, 7) is 2.52. The zero-order valence-electron chi connectivity index (χ0n) is 12.7. The van der Waals surface area contributed by atoms with Gasteiger partial charge in [0.05, 0.1) is 18.7 Å². The van der Waals surface area contributed by atoms with Gasteiger partial charge in [-0.1, -0.05) is 0 Å². The summed E-state index contributed by atoms with van der Waals surface area (Å²) in [7, 11) is 1.82. The maximum atomic E-state index is 12.3. The predicted molar refractivity (Wildman–Crippen MR) is 96.8 cm³/mol. The fourth-order valence-electron chi connectivity index (χ4n) is 2.10. The molecule has 0 bridgehead atoms. The van der Waals surface area contributed by atoms with Crippen LogP contribution in [0.5, 0.6) is 0 Å². The summed E-state index contributed by atoms with van der Waals surface area (Å²) in [5.41, 5.74) is 0.781. The highest BCUT2D eigenvalue weighted by Gasteiger charge is 2.15.